The van der Waals surface area contributed by atoms with Crippen LogP contribution in [0.1, 0.15) is 64.7 Å². The lowest BCUT2D eigenvalue weighted by Gasteiger charge is -2.31. The van der Waals surface area contributed by atoms with Crippen LogP contribution in [0.15, 0.2) is 0 Å². The lowest BCUT2D eigenvalue weighted by atomic mass is 10.0. The molecular formula is C17H37N3. The molecule has 1 saturated heterocycles. The van der Waals surface area contributed by atoms with Gasteiger partial charge in [0.05, 0.1) is 0 Å². The SMILES string of the molecule is CCCNCCCCCCCCN1CCC(NC)CC1. The average molecular weight is 284 g/mol. The van der Waals surface area contributed by atoms with Gasteiger partial charge in [0.2, 0.25) is 0 Å². The Morgan fingerprint density at radius 3 is 2.20 bits per heavy atom. The maximum atomic E-state index is 3.48. The summed E-state index contributed by atoms with van der Waals surface area (Å²) >= 11 is 0. The molecule has 1 heterocycles. The van der Waals surface area contributed by atoms with Crippen LogP contribution in [0.2, 0.25) is 0 Å². The minimum absolute atomic E-state index is 0.771. The number of nitrogens with one attached hydrogen (secondary N) is 2. The van der Waals surface area contributed by atoms with Crippen molar-refractivity contribution < 1.29 is 0 Å². The molecule has 0 radical (unpaired) electrons. The molecular weight excluding hydrogens is 246 g/mol. The quantitative estimate of drug-likeness (QED) is 0.539. The largest absolute Gasteiger partial charge is 0.317 e. The van der Waals surface area contributed by atoms with E-state index in [0.717, 1.165) is 6.04 Å². The van der Waals surface area contributed by atoms with Crippen LogP contribution in [0.3, 0.4) is 0 Å². The highest BCUT2D eigenvalue weighted by Gasteiger charge is 2.16. The van der Waals surface area contributed by atoms with Gasteiger partial charge in [-0.2, -0.15) is 0 Å². The third-order valence-electron chi connectivity index (χ3n) is 4.50. The third-order valence-corrected chi connectivity index (χ3v) is 4.50. The van der Waals surface area contributed by atoms with Crippen molar-refractivity contribution in [3.8, 4) is 0 Å². The molecule has 20 heavy (non-hydrogen) atoms. The Labute approximate surface area is 126 Å². The second-order valence-corrected chi connectivity index (χ2v) is 6.28. The smallest absolute Gasteiger partial charge is 0.00884 e. The van der Waals surface area contributed by atoms with Crippen molar-refractivity contribution in [3.63, 3.8) is 0 Å². The van der Waals surface area contributed by atoms with E-state index in [1.807, 2.05) is 0 Å². The summed E-state index contributed by atoms with van der Waals surface area (Å²) < 4.78 is 0. The van der Waals surface area contributed by atoms with Crippen LogP contribution in [0.4, 0.5) is 0 Å². The highest BCUT2D eigenvalue weighted by molar-refractivity contribution is 4.75. The van der Waals surface area contributed by atoms with Gasteiger partial charge in [0.1, 0.15) is 0 Å². The van der Waals surface area contributed by atoms with Crippen LogP contribution in [-0.2, 0) is 0 Å². The van der Waals surface area contributed by atoms with Crippen molar-refractivity contribution in [2.45, 2.75) is 70.8 Å². The zero-order chi connectivity index (χ0) is 14.5. The topological polar surface area (TPSA) is 27.3 Å². The van der Waals surface area contributed by atoms with E-state index < -0.39 is 0 Å². The standard InChI is InChI=1S/C17H37N3/c1-3-12-19-13-8-6-4-5-7-9-14-20-15-10-17(18-2)11-16-20/h17-19H,3-16H2,1-2H3. The second kappa shape index (κ2) is 12.6. The summed E-state index contributed by atoms with van der Waals surface area (Å²) in [6.07, 6.45) is 12.4. The molecule has 1 fully saturated rings. The normalized spacial score (nSPS) is 17.7. The molecule has 2 N–H and O–H groups in total. The molecule has 1 aliphatic heterocycles. The fourth-order valence-corrected chi connectivity index (χ4v) is 3.04. The van der Waals surface area contributed by atoms with Crippen LogP contribution in [0.25, 0.3) is 0 Å². The number of likely N-dealkylation sites (tertiary alicyclic amines) is 1. The van der Waals surface area contributed by atoms with Crippen molar-refractivity contribution in [2.24, 2.45) is 0 Å². The van der Waals surface area contributed by atoms with Crippen molar-refractivity contribution in [1.29, 1.82) is 0 Å². The molecule has 0 unspecified atom stereocenters. The summed E-state index contributed by atoms with van der Waals surface area (Å²) in [5.74, 6) is 0. The molecule has 0 aromatic rings. The van der Waals surface area contributed by atoms with Gasteiger partial charge in [0.25, 0.3) is 0 Å². The van der Waals surface area contributed by atoms with Crippen LogP contribution < -0.4 is 10.6 Å². The zero-order valence-corrected chi connectivity index (χ0v) is 13.9. The fourth-order valence-electron chi connectivity index (χ4n) is 3.04. The third kappa shape index (κ3) is 8.93. The molecule has 0 aromatic heterocycles. The molecule has 0 saturated carbocycles. The van der Waals surface area contributed by atoms with Crippen LogP contribution in [-0.4, -0.2) is 50.7 Å². The Balaban J connectivity index is 1.79. The molecule has 0 aliphatic carbocycles. The average Bonchev–Trinajstić information content (AvgIpc) is 2.50. The molecule has 3 heteroatoms. The van der Waals surface area contributed by atoms with E-state index in [2.05, 4.69) is 29.5 Å². The number of unbranched alkanes of at least 4 members (excludes halogenated alkanes) is 5. The molecule has 0 atom stereocenters. The summed E-state index contributed by atoms with van der Waals surface area (Å²) in [5.41, 5.74) is 0. The van der Waals surface area contributed by atoms with Gasteiger partial charge < -0.3 is 15.5 Å². The van der Waals surface area contributed by atoms with E-state index in [-0.39, 0.29) is 0 Å². The van der Waals surface area contributed by atoms with E-state index in [0.29, 0.717) is 0 Å². The van der Waals surface area contributed by atoms with E-state index in [9.17, 15) is 0 Å². The highest BCUT2D eigenvalue weighted by Crippen LogP contribution is 2.12. The first kappa shape index (κ1) is 17.9. The Hall–Kier alpha value is -0.120. The molecule has 0 spiro atoms. The van der Waals surface area contributed by atoms with Gasteiger partial charge in [-0.05, 0) is 71.9 Å². The van der Waals surface area contributed by atoms with Gasteiger partial charge >= 0.3 is 0 Å². The molecule has 1 aliphatic rings. The van der Waals surface area contributed by atoms with Crippen molar-refractivity contribution in [1.82, 2.24) is 15.5 Å². The van der Waals surface area contributed by atoms with E-state index in [1.54, 1.807) is 0 Å². The predicted octanol–water partition coefficient (Wildman–Crippen LogP) is 3.01. The first-order valence-electron chi connectivity index (χ1n) is 8.97. The molecule has 120 valence electrons. The Morgan fingerprint density at radius 2 is 1.55 bits per heavy atom. The van der Waals surface area contributed by atoms with Gasteiger partial charge in [-0.1, -0.05) is 32.6 Å². The number of hydrogen-bond acceptors (Lipinski definition) is 3. The molecule has 1 rings (SSSR count). The monoisotopic (exact) mass is 283 g/mol. The summed E-state index contributed by atoms with van der Waals surface area (Å²) in [7, 11) is 2.10. The number of rotatable bonds is 12. The lowest BCUT2D eigenvalue weighted by molar-refractivity contribution is 0.198. The molecule has 3 nitrogen and oxygen atoms in total. The summed E-state index contributed by atoms with van der Waals surface area (Å²) in [6, 6.07) is 0.771. The molecule has 0 aromatic carbocycles. The number of nitrogens with zero attached hydrogens (tertiary/aromatic N) is 1. The summed E-state index contributed by atoms with van der Waals surface area (Å²) in [6.45, 7) is 8.56. The Bertz CT molecular complexity index is 200. The van der Waals surface area contributed by atoms with Crippen molar-refractivity contribution in [3.05, 3.63) is 0 Å². The first-order valence-corrected chi connectivity index (χ1v) is 8.97. The lowest BCUT2D eigenvalue weighted by Crippen LogP contribution is -2.41. The molecule has 0 bridgehead atoms. The minimum Gasteiger partial charge on any atom is -0.317 e. The van der Waals surface area contributed by atoms with Gasteiger partial charge in [0, 0.05) is 6.04 Å². The maximum absolute atomic E-state index is 3.48. The maximum Gasteiger partial charge on any atom is 0.00884 e. The van der Waals surface area contributed by atoms with Crippen LogP contribution >= 0.6 is 0 Å². The summed E-state index contributed by atoms with van der Waals surface area (Å²) in [5, 5.41) is 6.88. The van der Waals surface area contributed by atoms with Crippen LogP contribution in [0.5, 0.6) is 0 Å². The second-order valence-electron chi connectivity index (χ2n) is 6.28. The first-order chi connectivity index (χ1) is 9.86. The van der Waals surface area contributed by atoms with Gasteiger partial charge in [0.15, 0.2) is 0 Å². The minimum atomic E-state index is 0.771. The summed E-state index contributed by atoms with van der Waals surface area (Å²) in [4.78, 5) is 2.66. The Kier molecular flexibility index (Phi) is 11.3. The van der Waals surface area contributed by atoms with Crippen molar-refractivity contribution in [2.75, 3.05) is 39.8 Å². The van der Waals surface area contributed by atoms with E-state index in [4.69, 9.17) is 0 Å². The predicted molar refractivity (Wildman–Crippen MR) is 89.4 cm³/mol. The van der Waals surface area contributed by atoms with E-state index in [1.165, 1.54) is 90.5 Å². The van der Waals surface area contributed by atoms with Gasteiger partial charge in [-0.15, -0.1) is 0 Å². The van der Waals surface area contributed by atoms with E-state index >= 15 is 0 Å². The van der Waals surface area contributed by atoms with Crippen LogP contribution in [0, 0.1) is 0 Å². The zero-order valence-electron chi connectivity index (χ0n) is 13.9. The molecule has 0 amide bonds. The van der Waals surface area contributed by atoms with Crippen molar-refractivity contribution >= 4 is 0 Å². The number of hydrogen-bond donors (Lipinski definition) is 2. The van der Waals surface area contributed by atoms with Gasteiger partial charge in [-0.25, -0.2) is 0 Å². The van der Waals surface area contributed by atoms with Gasteiger partial charge in [-0.3, -0.25) is 0 Å². The highest BCUT2D eigenvalue weighted by atomic mass is 15.1. The fraction of sp³-hybridized carbons (Fsp3) is 1.00. The Morgan fingerprint density at radius 1 is 0.900 bits per heavy atom. The number of piperidine rings is 1.